The van der Waals surface area contributed by atoms with Crippen LogP contribution in [0.15, 0.2) is 17.5 Å². The maximum Gasteiger partial charge on any atom is 0.220 e. The molecule has 0 aromatic carbocycles. The molecule has 0 aliphatic heterocycles. The molecule has 1 atom stereocenters. The van der Waals surface area contributed by atoms with Crippen LogP contribution in [0.1, 0.15) is 43.9 Å². The van der Waals surface area contributed by atoms with E-state index in [9.17, 15) is 4.79 Å². The molecule has 3 nitrogen and oxygen atoms in total. The van der Waals surface area contributed by atoms with Crippen molar-refractivity contribution in [1.82, 2.24) is 5.32 Å². The van der Waals surface area contributed by atoms with Gasteiger partial charge in [-0.25, -0.2) is 0 Å². The fourth-order valence-corrected chi connectivity index (χ4v) is 2.99. The van der Waals surface area contributed by atoms with Gasteiger partial charge in [-0.05, 0) is 43.2 Å². The summed E-state index contributed by atoms with van der Waals surface area (Å²) in [6, 6.07) is 4.15. The Morgan fingerprint density at radius 2 is 2.26 bits per heavy atom. The molecule has 1 unspecified atom stereocenters. The lowest BCUT2D eigenvalue weighted by molar-refractivity contribution is -0.121. The molecule has 0 aliphatic carbocycles. The first kappa shape index (κ1) is 16.2. The van der Waals surface area contributed by atoms with Crippen LogP contribution < -0.4 is 11.1 Å². The summed E-state index contributed by atoms with van der Waals surface area (Å²) >= 11 is 1.74. The van der Waals surface area contributed by atoms with E-state index in [2.05, 4.69) is 23.7 Å². The standard InChI is InChI=1S/C15H26N2OS/c1-2-4-13(8-10-16)6-7-15(18)17-11-9-14-5-3-12-19-14/h3,5,12-13H,2,4,6-11,16H2,1H3,(H,17,18). The van der Waals surface area contributed by atoms with Crippen molar-refractivity contribution >= 4 is 17.2 Å². The van der Waals surface area contributed by atoms with Gasteiger partial charge in [0.25, 0.3) is 0 Å². The topological polar surface area (TPSA) is 55.1 Å². The van der Waals surface area contributed by atoms with E-state index in [1.807, 2.05) is 6.07 Å². The first-order chi connectivity index (χ1) is 9.26. The lowest BCUT2D eigenvalue weighted by Crippen LogP contribution is -2.26. The van der Waals surface area contributed by atoms with Crippen LogP contribution in [0.4, 0.5) is 0 Å². The van der Waals surface area contributed by atoms with Crippen LogP contribution in [0, 0.1) is 5.92 Å². The summed E-state index contributed by atoms with van der Waals surface area (Å²) in [6.45, 7) is 3.66. The van der Waals surface area contributed by atoms with E-state index in [1.54, 1.807) is 11.3 Å². The van der Waals surface area contributed by atoms with Gasteiger partial charge in [0.05, 0.1) is 0 Å². The van der Waals surface area contributed by atoms with Gasteiger partial charge in [-0.1, -0.05) is 25.8 Å². The predicted octanol–water partition coefficient (Wildman–Crippen LogP) is 2.95. The highest BCUT2D eigenvalue weighted by Crippen LogP contribution is 2.16. The molecule has 108 valence electrons. The van der Waals surface area contributed by atoms with Crippen LogP contribution in [0.3, 0.4) is 0 Å². The number of nitrogens with one attached hydrogen (secondary N) is 1. The van der Waals surface area contributed by atoms with Crippen LogP contribution in [0.5, 0.6) is 0 Å². The molecule has 0 saturated heterocycles. The number of nitrogens with two attached hydrogens (primary N) is 1. The van der Waals surface area contributed by atoms with Gasteiger partial charge in [0.15, 0.2) is 0 Å². The average Bonchev–Trinajstić information content (AvgIpc) is 2.90. The fraction of sp³-hybridized carbons (Fsp3) is 0.667. The number of thiophene rings is 1. The Morgan fingerprint density at radius 1 is 1.42 bits per heavy atom. The molecule has 3 N–H and O–H groups in total. The molecule has 1 aromatic rings. The second kappa shape index (κ2) is 9.98. The van der Waals surface area contributed by atoms with Gasteiger partial charge in [0.1, 0.15) is 0 Å². The summed E-state index contributed by atoms with van der Waals surface area (Å²) in [5, 5.41) is 5.07. The molecule has 1 rings (SSSR count). The summed E-state index contributed by atoms with van der Waals surface area (Å²) in [4.78, 5) is 13.1. The van der Waals surface area contributed by atoms with Crippen LogP contribution in [0.25, 0.3) is 0 Å². The zero-order chi connectivity index (χ0) is 13.9. The van der Waals surface area contributed by atoms with Crippen molar-refractivity contribution < 1.29 is 4.79 Å². The molecule has 0 fully saturated rings. The summed E-state index contributed by atoms with van der Waals surface area (Å²) in [6.07, 6.45) is 5.93. The van der Waals surface area contributed by atoms with E-state index >= 15 is 0 Å². The first-order valence-corrected chi connectivity index (χ1v) is 8.13. The number of hydrogen-bond donors (Lipinski definition) is 2. The molecule has 0 spiro atoms. The van der Waals surface area contributed by atoms with Gasteiger partial charge < -0.3 is 11.1 Å². The SMILES string of the molecule is CCCC(CCN)CCC(=O)NCCc1cccs1. The van der Waals surface area contributed by atoms with Gasteiger partial charge in [0.2, 0.25) is 5.91 Å². The summed E-state index contributed by atoms with van der Waals surface area (Å²) in [5.41, 5.74) is 5.60. The molecule has 0 bridgehead atoms. The highest BCUT2D eigenvalue weighted by Gasteiger charge is 2.09. The zero-order valence-corrected chi connectivity index (χ0v) is 12.7. The number of rotatable bonds is 10. The van der Waals surface area contributed by atoms with E-state index in [0.29, 0.717) is 12.3 Å². The average molecular weight is 282 g/mol. The highest BCUT2D eigenvalue weighted by atomic mass is 32.1. The molecule has 4 heteroatoms. The first-order valence-electron chi connectivity index (χ1n) is 7.25. The maximum absolute atomic E-state index is 11.7. The van der Waals surface area contributed by atoms with Crippen molar-refractivity contribution in [2.75, 3.05) is 13.1 Å². The molecule has 0 saturated carbocycles. The van der Waals surface area contributed by atoms with Crippen LogP contribution >= 0.6 is 11.3 Å². The Bertz CT molecular complexity index is 332. The molecular weight excluding hydrogens is 256 g/mol. The summed E-state index contributed by atoms with van der Waals surface area (Å²) < 4.78 is 0. The van der Waals surface area contributed by atoms with Crippen molar-refractivity contribution in [3.8, 4) is 0 Å². The van der Waals surface area contributed by atoms with Gasteiger partial charge in [-0.3, -0.25) is 4.79 Å². The third-order valence-electron chi connectivity index (χ3n) is 3.33. The van der Waals surface area contributed by atoms with Crippen LogP contribution in [0.2, 0.25) is 0 Å². The molecule has 0 radical (unpaired) electrons. The molecule has 1 amide bonds. The lowest BCUT2D eigenvalue weighted by atomic mass is 9.94. The van der Waals surface area contributed by atoms with E-state index < -0.39 is 0 Å². The zero-order valence-electron chi connectivity index (χ0n) is 11.9. The minimum Gasteiger partial charge on any atom is -0.356 e. The van der Waals surface area contributed by atoms with Crippen LogP contribution in [-0.2, 0) is 11.2 Å². The molecule has 0 aliphatic rings. The van der Waals surface area contributed by atoms with Crippen molar-refractivity contribution in [3.63, 3.8) is 0 Å². The monoisotopic (exact) mass is 282 g/mol. The highest BCUT2D eigenvalue weighted by molar-refractivity contribution is 7.09. The quantitative estimate of drug-likeness (QED) is 0.693. The molecule has 19 heavy (non-hydrogen) atoms. The molecule has 1 heterocycles. The third-order valence-corrected chi connectivity index (χ3v) is 4.26. The van der Waals surface area contributed by atoms with Gasteiger partial charge >= 0.3 is 0 Å². The van der Waals surface area contributed by atoms with Crippen molar-refractivity contribution in [2.24, 2.45) is 11.7 Å². The third kappa shape index (κ3) is 7.33. The van der Waals surface area contributed by atoms with E-state index in [1.165, 1.54) is 17.7 Å². The Labute approximate surface area is 120 Å². The Morgan fingerprint density at radius 3 is 2.89 bits per heavy atom. The minimum absolute atomic E-state index is 0.176. The van der Waals surface area contributed by atoms with Gasteiger partial charge in [-0.2, -0.15) is 0 Å². The Kier molecular flexibility index (Phi) is 8.50. The smallest absolute Gasteiger partial charge is 0.220 e. The normalized spacial score (nSPS) is 12.3. The molecular formula is C15H26N2OS. The number of amides is 1. The molecule has 1 aromatic heterocycles. The van der Waals surface area contributed by atoms with Crippen molar-refractivity contribution in [2.45, 2.75) is 45.4 Å². The van der Waals surface area contributed by atoms with E-state index in [0.717, 1.165) is 32.4 Å². The van der Waals surface area contributed by atoms with Gasteiger partial charge in [0, 0.05) is 17.8 Å². The second-order valence-electron chi connectivity index (χ2n) is 4.95. The largest absolute Gasteiger partial charge is 0.356 e. The van der Waals surface area contributed by atoms with Crippen molar-refractivity contribution in [3.05, 3.63) is 22.4 Å². The van der Waals surface area contributed by atoms with E-state index in [4.69, 9.17) is 5.73 Å². The Hall–Kier alpha value is -0.870. The number of carbonyl (C=O) groups is 1. The van der Waals surface area contributed by atoms with Crippen LogP contribution in [-0.4, -0.2) is 19.0 Å². The second-order valence-corrected chi connectivity index (χ2v) is 5.98. The predicted molar refractivity (Wildman–Crippen MR) is 82.3 cm³/mol. The fourth-order valence-electron chi connectivity index (χ4n) is 2.28. The van der Waals surface area contributed by atoms with Gasteiger partial charge in [-0.15, -0.1) is 11.3 Å². The maximum atomic E-state index is 11.7. The number of carbonyl (C=O) groups excluding carboxylic acids is 1. The summed E-state index contributed by atoms with van der Waals surface area (Å²) in [5.74, 6) is 0.785. The van der Waals surface area contributed by atoms with E-state index in [-0.39, 0.29) is 5.91 Å². The number of hydrogen-bond acceptors (Lipinski definition) is 3. The minimum atomic E-state index is 0.176. The Balaban J connectivity index is 2.12. The summed E-state index contributed by atoms with van der Waals surface area (Å²) in [7, 11) is 0. The lowest BCUT2D eigenvalue weighted by Gasteiger charge is -2.14. The van der Waals surface area contributed by atoms with Crippen molar-refractivity contribution in [1.29, 1.82) is 0 Å².